The molecule has 0 bridgehead atoms. The Morgan fingerprint density at radius 2 is 1.72 bits per heavy atom. The van der Waals surface area contributed by atoms with E-state index in [2.05, 4.69) is 27.8 Å². The number of benzene rings is 2. The van der Waals surface area contributed by atoms with Gasteiger partial charge in [-0.1, -0.05) is 54.1 Å². The van der Waals surface area contributed by atoms with E-state index in [1.165, 1.54) is 5.56 Å². The average molecular weight is 352 g/mol. The number of amides is 1. The lowest BCUT2D eigenvalue weighted by molar-refractivity contribution is 0.102. The monoisotopic (exact) mass is 351 g/mol. The summed E-state index contributed by atoms with van der Waals surface area (Å²) in [6.45, 7) is 0.802. The highest BCUT2D eigenvalue weighted by Gasteiger charge is 2.09. The van der Waals surface area contributed by atoms with E-state index in [1.54, 1.807) is 24.4 Å². The van der Waals surface area contributed by atoms with Gasteiger partial charge in [-0.2, -0.15) is 0 Å². The molecule has 126 valence electrons. The fraction of sp³-hybridized carbons (Fsp3) is 0.100. The molecule has 3 rings (SSSR count). The van der Waals surface area contributed by atoms with Gasteiger partial charge in [0.25, 0.3) is 5.91 Å². The van der Waals surface area contributed by atoms with E-state index in [0.29, 0.717) is 16.4 Å². The summed E-state index contributed by atoms with van der Waals surface area (Å²) in [6.07, 6.45) is 2.59. The maximum absolute atomic E-state index is 12.2. The van der Waals surface area contributed by atoms with Crippen molar-refractivity contribution >= 4 is 28.9 Å². The summed E-state index contributed by atoms with van der Waals surface area (Å²) in [6, 6.07) is 20.9. The molecule has 0 atom stereocenters. The number of pyridine rings is 1. The van der Waals surface area contributed by atoms with Crippen LogP contribution in [-0.2, 0) is 6.42 Å². The zero-order valence-electron chi connectivity index (χ0n) is 13.6. The predicted octanol–water partition coefficient (Wildman–Crippen LogP) is 4.64. The number of aromatic nitrogens is 1. The molecule has 5 heteroatoms. The third-order valence-corrected chi connectivity index (χ3v) is 4.03. The lowest BCUT2D eigenvalue weighted by Gasteiger charge is -2.08. The zero-order valence-corrected chi connectivity index (χ0v) is 14.3. The van der Waals surface area contributed by atoms with Crippen LogP contribution < -0.4 is 10.6 Å². The smallest absolute Gasteiger partial charge is 0.274 e. The highest BCUT2D eigenvalue weighted by Crippen LogP contribution is 2.21. The van der Waals surface area contributed by atoms with E-state index in [4.69, 9.17) is 11.6 Å². The number of halogens is 1. The molecule has 0 saturated heterocycles. The molecule has 0 aliphatic heterocycles. The lowest BCUT2D eigenvalue weighted by Crippen LogP contribution is -2.14. The van der Waals surface area contributed by atoms with Crippen molar-refractivity contribution in [3.05, 3.63) is 89.2 Å². The van der Waals surface area contributed by atoms with Crippen LogP contribution in [0.5, 0.6) is 0 Å². The van der Waals surface area contributed by atoms with Crippen molar-refractivity contribution in [1.29, 1.82) is 0 Å². The third-order valence-electron chi connectivity index (χ3n) is 3.70. The van der Waals surface area contributed by atoms with Crippen LogP contribution in [0.2, 0.25) is 5.02 Å². The lowest BCUT2D eigenvalue weighted by atomic mass is 10.1. The Balaban J connectivity index is 1.54. The van der Waals surface area contributed by atoms with Gasteiger partial charge in [0, 0.05) is 6.54 Å². The Labute approximate surface area is 151 Å². The summed E-state index contributed by atoms with van der Waals surface area (Å²) in [5.41, 5.74) is 3.07. The number of rotatable bonds is 6. The number of carbonyl (C=O) groups is 1. The molecule has 4 nitrogen and oxygen atoms in total. The van der Waals surface area contributed by atoms with Crippen LogP contribution in [0.25, 0.3) is 0 Å². The molecule has 1 heterocycles. The van der Waals surface area contributed by atoms with E-state index in [1.807, 2.05) is 36.4 Å². The van der Waals surface area contributed by atoms with Crippen LogP contribution in [0.4, 0.5) is 11.4 Å². The van der Waals surface area contributed by atoms with E-state index in [9.17, 15) is 4.79 Å². The first-order valence-corrected chi connectivity index (χ1v) is 8.40. The number of nitrogens with one attached hydrogen (secondary N) is 2. The summed E-state index contributed by atoms with van der Waals surface area (Å²) in [5, 5.41) is 6.56. The van der Waals surface area contributed by atoms with E-state index < -0.39 is 0 Å². The van der Waals surface area contributed by atoms with Gasteiger partial charge in [0.2, 0.25) is 0 Å². The van der Waals surface area contributed by atoms with Crippen LogP contribution in [0, 0.1) is 0 Å². The Morgan fingerprint density at radius 1 is 0.960 bits per heavy atom. The Bertz CT molecular complexity index is 835. The molecule has 0 fully saturated rings. The topological polar surface area (TPSA) is 54.0 Å². The first-order chi connectivity index (χ1) is 12.2. The summed E-state index contributed by atoms with van der Waals surface area (Å²) in [4.78, 5) is 16.4. The molecule has 0 unspecified atom stereocenters. The molecule has 0 radical (unpaired) electrons. The van der Waals surface area contributed by atoms with Crippen molar-refractivity contribution in [2.45, 2.75) is 6.42 Å². The molecule has 3 aromatic rings. The summed E-state index contributed by atoms with van der Waals surface area (Å²) in [5.74, 6) is -0.288. The number of anilines is 2. The minimum Gasteiger partial charge on any atom is -0.383 e. The normalized spacial score (nSPS) is 10.3. The number of para-hydroxylation sites is 1. The summed E-state index contributed by atoms with van der Waals surface area (Å²) in [7, 11) is 0. The molecule has 0 spiro atoms. The van der Waals surface area contributed by atoms with Crippen LogP contribution >= 0.6 is 11.6 Å². The maximum Gasteiger partial charge on any atom is 0.274 e. The summed E-state index contributed by atoms with van der Waals surface area (Å²) < 4.78 is 0. The SMILES string of the molecule is O=C(Nc1ccccc1Cl)c1ccc(NCCc2ccccc2)cn1. The molecule has 0 aliphatic carbocycles. The molecule has 2 N–H and O–H groups in total. The second-order valence-corrected chi connectivity index (χ2v) is 5.94. The van der Waals surface area contributed by atoms with Gasteiger partial charge in [-0.25, -0.2) is 4.98 Å². The number of hydrogen-bond donors (Lipinski definition) is 2. The van der Waals surface area contributed by atoms with E-state index in [-0.39, 0.29) is 5.91 Å². The molecule has 1 aromatic heterocycles. The quantitative estimate of drug-likeness (QED) is 0.680. The van der Waals surface area contributed by atoms with Crippen molar-refractivity contribution in [2.75, 3.05) is 17.2 Å². The fourth-order valence-corrected chi connectivity index (χ4v) is 2.56. The average Bonchev–Trinajstić information content (AvgIpc) is 2.65. The number of nitrogens with zero attached hydrogens (tertiary/aromatic N) is 1. The second-order valence-electron chi connectivity index (χ2n) is 5.53. The molecule has 25 heavy (non-hydrogen) atoms. The van der Waals surface area contributed by atoms with Gasteiger partial charge in [0.05, 0.1) is 22.6 Å². The van der Waals surface area contributed by atoms with Crippen LogP contribution in [0.3, 0.4) is 0 Å². The minimum absolute atomic E-state index is 0.288. The zero-order chi connectivity index (χ0) is 17.5. The van der Waals surface area contributed by atoms with Gasteiger partial charge in [-0.05, 0) is 36.2 Å². The van der Waals surface area contributed by atoms with Gasteiger partial charge in [0.1, 0.15) is 5.69 Å². The molecule has 0 aliphatic rings. The van der Waals surface area contributed by atoms with E-state index >= 15 is 0 Å². The highest BCUT2D eigenvalue weighted by molar-refractivity contribution is 6.33. The number of carbonyl (C=O) groups excluding carboxylic acids is 1. The third kappa shape index (κ3) is 4.81. The van der Waals surface area contributed by atoms with Crippen molar-refractivity contribution in [1.82, 2.24) is 4.98 Å². The van der Waals surface area contributed by atoms with Crippen molar-refractivity contribution in [3.63, 3.8) is 0 Å². The van der Waals surface area contributed by atoms with Crippen LogP contribution in [0.1, 0.15) is 16.1 Å². The van der Waals surface area contributed by atoms with Crippen LogP contribution in [-0.4, -0.2) is 17.4 Å². The minimum atomic E-state index is -0.288. The van der Waals surface area contributed by atoms with E-state index in [0.717, 1.165) is 18.7 Å². The first-order valence-electron chi connectivity index (χ1n) is 8.02. The molecule has 2 aromatic carbocycles. The molecular formula is C20H18ClN3O. The van der Waals surface area contributed by atoms with Crippen molar-refractivity contribution < 1.29 is 4.79 Å². The van der Waals surface area contributed by atoms with Gasteiger partial charge >= 0.3 is 0 Å². The Morgan fingerprint density at radius 3 is 2.44 bits per heavy atom. The second kappa shape index (κ2) is 8.31. The molecule has 1 amide bonds. The standard InChI is InChI=1S/C20H18ClN3O/c21-17-8-4-5-9-18(17)24-20(25)19-11-10-16(14-23-19)22-13-12-15-6-2-1-3-7-15/h1-11,14,22H,12-13H2,(H,24,25). The Kier molecular flexibility index (Phi) is 5.65. The molecule has 0 saturated carbocycles. The largest absolute Gasteiger partial charge is 0.383 e. The highest BCUT2D eigenvalue weighted by atomic mass is 35.5. The molecular weight excluding hydrogens is 334 g/mol. The van der Waals surface area contributed by atoms with Gasteiger partial charge in [-0.15, -0.1) is 0 Å². The number of hydrogen-bond acceptors (Lipinski definition) is 3. The van der Waals surface area contributed by atoms with Gasteiger partial charge in [-0.3, -0.25) is 4.79 Å². The predicted molar refractivity (Wildman–Crippen MR) is 102 cm³/mol. The van der Waals surface area contributed by atoms with Crippen molar-refractivity contribution in [3.8, 4) is 0 Å². The fourth-order valence-electron chi connectivity index (χ4n) is 2.38. The first kappa shape index (κ1) is 17.0. The summed E-state index contributed by atoms with van der Waals surface area (Å²) >= 11 is 6.04. The maximum atomic E-state index is 12.2. The van der Waals surface area contributed by atoms with Crippen molar-refractivity contribution in [2.24, 2.45) is 0 Å². The van der Waals surface area contributed by atoms with Gasteiger partial charge < -0.3 is 10.6 Å². The Hall–Kier alpha value is -2.85. The van der Waals surface area contributed by atoms with Gasteiger partial charge in [0.15, 0.2) is 0 Å². The van der Waals surface area contributed by atoms with Crippen LogP contribution in [0.15, 0.2) is 72.9 Å².